The van der Waals surface area contributed by atoms with E-state index in [9.17, 15) is 4.79 Å². The molecule has 2 aromatic rings. The molecule has 1 aromatic heterocycles. The summed E-state index contributed by atoms with van der Waals surface area (Å²) in [6.07, 6.45) is 1.62. The predicted octanol–water partition coefficient (Wildman–Crippen LogP) is 3.41. The zero-order chi connectivity index (χ0) is 13.8. The van der Waals surface area contributed by atoms with Crippen LogP contribution in [0.5, 0.6) is 5.75 Å². The first-order chi connectivity index (χ1) is 9.10. The Labute approximate surface area is 119 Å². The topological polar surface area (TPSA) is 51.2 Å². The van der Waals surface area contributed by atoms with E-state index in [1.165, 1.54) is 0 Å². The Morgan fingerprint density at radius 2 is 2.11 bits per heavy atom. The molecular formula is C14H13BrN2O2. The lowest BCUT2D eigenvalue weighted by Gasteiger charge is -2.09. The number of carbonyl (C=O) groups is 1. The van der Waals surface area contributed by atoms with Crippen molar-refractivity contribution in [3.05, 3.63) is 52.3 Å². The summed E-state index contributed by atoms with van der Waals surface area (Å²) in [6.45, 7) is 1.85. The average molecular weight is 321 g/mol. The lowest BCUT2D eigenvalue weighted by molar-refractivity contribution is 0.102. The molecule has 0 radical (unpaired) electrons. The van der Waals surface area contributed by atoms with Crippen LogP contribution in [0.3, 0.4) is 0 Å². The summed E-state index contributed by atoms with van der Waals surface area (Å²) in [5.41, 5.74) is 2.04. The fourth-order valence-corrected chi connectivity index (χ4v) is 1.95. The summed E-state index contributed by atoms with van der Waals surface area (Å²) in [4.78, 5) is 16.2. The molecule has 1 aromatic carbocycles. The Morgan fingerprint density at radius 3 is 2.79 bits per heavy atom. The molecule has 0 unspecified atom stereocenters. The summed E-state index contributed by atoms with van der Waals surface area (Å²) in [5, 5.41) is 2.83. The number of nitrogens with zero attached hydrogens (tertiary/aromatic N) is 1. The summed E-state index contributed by atoms with van der Waals surface area (Å²) in [6, 6.07) is 8.82. The predicted molar refractivity (Wildman–Crippen MR) is 77.6 cm³/mol. The van der Waals surface area contributed by atoms with E-state index in [1.54, 1.807) is 31.5 Å². The Balaban J connectivity index is 2.23. The lowest BCUT2D eigenvalue weighted by atomic mass is 10.2. The van der Waals surface area contributed by atoms with Crippen molar-refractivity contribution in [2.45, 2.75) is 6.92 Å². The number of hydrogen-bond acceptors (Lipinski definition) is 3. The molecule has 2 rings (SSSR count). The first-order valence-electron chi connectivity index (χ1n) is 5.67. The van der Waals surface area contributed by atoms with Gasteiger partial charge in [0.25, 0.3) is 5.91 Å². The fourth-order valence-electron chi connectivity index (χ4n) is 1.61. The van der Waals surface area contributed by atoms with Gasteiger partial charge in [0.05, 0.1) is 12.8 Å². The molecular weight excluding hydrogens is 308 g/mol. The van der Waals surface area contributed by atoms with Gasteiger partial charge in [-0.25, -0.2) is 0 Å². The zero-order valence-electron chi connectivity index (χ0n) is 10.6. The average Bonchev–Trinajstić information content (AvgIpc) is 2.41. The molecule has 5 heteroatoms. The molecule has 19 heavy (non-hydrogen) atoms. The van der Waals surface area contributed by atoms with Crippen LogP contribution in [-0.4, -0.2) is 18.0 Å². The van der Waals surface area contributed by atoms with Gasteiger partial charge in [0.15, 0.2) is 0 Å². The normalized spacial score (nSPS) is 10.1. The molecule has 0 fully saturated rings. The number of rotatable bonds is 3. The maximum atomic E-state index is 12.1. The molecule has 0 atom stereocenters. The minimum Gasteiger partial charge on any atom is -0.497 e. The van der Waals surface area contributed by atoms with Crippen molar-refractivity contribution in [3.63, 3.8) is 0 Å². The van der Waals surface area contributed by atoms with Gasteiger partial charge >= 0.3 is 0 Å². The SMILES string of the molecule is COc1ccc(Br)c(NC(=O)c2ccnc(C)c2)c1. The van der Waals surface area contributed by atoms with Gasteiger partial charge in [-0.2, -0.15) is 0 Å². The van der Waals surface area contributed by atoms with E-state index in [2.05, 4.69) is 26.2 Å². The minimum absolute atomic E-state index is 0.181. The summed E-state index contributed by atoms with van der Waals surface area (Å²) >= 11 is 3.39. The maximum Gasteiger partial charge on any atom is 0.255 e. The lowest BCUT2D eigenvalue weighted by Crippen LogP contribution is -2.12. The number of pyridine rings is 1. The number of aromatic nitrogens is 1. The van der Waals surface area contributed by atoms with Crippen molar-refractivity contribution in [1.82, 2.24) is 4.98 Å². The Hall–Kier alpha value is -1.88. The smallest absolute Gasteiger partial charge is 0.255 e. The van der Waals surface area contributed by atoms with Crippen LogP contribution in [0.15, 0.2) is 41.0 Å². The van der Waals surface area contributed by atoms with E-state index in [4.69, 9.17) is 4.74 Å². The molecule has 4 nitrogen and oxygen atoms in total. The largest absolute Gasteiger partial charge is 0.497 e. The van der Waals surface area contributed by atoms with Crippen molar-refractivity contribution >= 4 is 27.5 Å². The van der Waals surface area contributed by atoms with Crippen LogP contribution in [0, 0.1) is 6.92 Å². The van der Waals surface area contributed by atoms with Crippen LogP contribution in [0.25, 0.3) is 0 Å². The second-order valence-electron chi connectivity index (χ2n) is 3.99. The van der Waals surface area contributed by atoms with Gasteiger partial charge in [-0.15, -0.1) is 0 Å². The van der Waals surface area contributed by atoms with E-state index in [-0.39, 0.29) is 5.91 Å². The molecule has 0 spiro atoms. The van der Waals surface area contributed by atoms with Crippen LogP contribution >= 0.6 is 15.9 Å². The van der Waals surface area contributed by atoms with Gasteiger partial charge in [-0.3, -0.25) is 9.78 Å². The number of aryl methyl sites for hydroxylation is 1. The Bertz CT molecular complexity index is 614. The highest BCUT2D eigenvalue weighted by Gasteiger charge is 2.09. The van der Waals surface area contributed by atoms with Crippen molar-refractivity contribution in [2.75, 3.05) is 12.4 Å². The number of methoxy groups -OCH3 is 1. The highest BCUT2D eigenvalue weighted by Crippen LogP contribution is 2.27. The highest BCUT2D eigenvalue weighted by molar-refractivity contribution is 9.10. The molecule has 0 aliphatic carbocycles. The van der Waals surface area contributed by atoms with E-state index in [1.807, 2.05) is 19.1 Å². The molecule has 1 N–H and O–H groups in total. The molecule has 1 heterocycles. The highest BCUT2D eigenvalue weighted by atomic mass is 79.9. The third-order valence-electron chi connectivity index (χ3n) is 2.58. The van der Waals surface area contributed by atoms with Gasteiger partial charge in [0, 0.05) is 28.0 Å². The molecule has 1 amide bonds. The molecule has 98 valence electrons. The van der Waals surface area contributed by atoms with Crippen LogP contribution in [0.4, 0.5) is 5.69 Å². The first kappa shape index (κ1) is 13.5. The van der Waals surface area contributed by atoms with Crippen LogP contribution in [-0.2, 0) is 0 Å². The van der Waals surface area contributed by atoms with Gasteiger partial charge < -0.3 is 10.1 Å². The Morgan fingerprint density at radius 1 is 1.32 bits per heavy atom. The number of amides is 1. The molecule has 0 aliphatic rings. The molecule has 0 bridgehead atoms. The van der Waals surface area contributed by atoms with E-state index < -0.39 is 0 Å². The maximum absolute atomic E-state index is 12.1. The van der Waals surface area contributed by atoms with Gasteiger partial charge in [0.2, 0.25) is 0 Å². The second-order valence-corrected chi connectivity index (χ2v) is 4.84. The number of ether oxygens (including phenoxy) is 1. The number of hydrogen-bond donors (Lipinski definition) is 1. The number of benzene rings is 1. The number of anilines is 1. The first-order valence-corrected chi connectivity index (χ1v) is 6.47. The summed E-state index contributed by atoms with van der Waals surface area (Å²) < 4.78 is 5.93. The van der Waals surface area contributed by atoms with Crippen LogP contribution in [0.2, 0.25) is 0 Å². The zero-order valence-corrected chi connectivity index (χ0v) is 12.2. The molecule has 0 saturated carbocycles. The third-order valence-corrected chi connectivity index (χ3v) is 3.27. The Kier molecular flexibility index (Phi) is 4.16. The van der Waals surface area contributed by atoms with Gasteiger partial charge in [0.1, 0.15) is 5.75 Å². The van der Waals surface area contributed by atoms with E-state index in [0.717, 1.165) is 10.2 Å². The second kappa shape index (κ2) is 5.84. The number of nitrogens with one attached hydrogen (secondary N) is 1. The van der Waals surface area contributed by atoms with Gasteiger partial charge in [-0.1, -0.05) is 0 Å². The monoisotopic (exact) mass is 320 g/mol. The molecule has 0 saturated heterocycles. The van der Waals surface area contributed by atoms with Crippen molar-refractivity contribution < 1.29 is 9.53 Å². The fraction of sp³-hybridized carbons (Fsp3) is 0.143. The van der Waals surface area contributed by atoms with Crippen LogP contribution < -0.4 is 10.1 Å². The van der Waals surface area contributed by atoms with Crippen molar-refractivity contribution in [1.29, 1.82) is 0 Å². The van der Waals surface area contributed by atoms with Gasteiger partial charge in [-0.05, 0) is 47.1 Å². The van der Waals surface area contributed by atoms with Crippen LogP contribution in [0.1, 0.15) is 16.1 Å². The third kappa shape index (κ3) is 3.32. The number of carbonyl (C=O) groups excluding carboxylic acids is 1. The summed E-state index contributed by atoms with van der Waals surface area (Å²) in [7, 11) is 1.58. The van der Waals surface area contributed by atoms with E-state index >= 15 is 0 Å². The van der Waals surface area contributed by atoms with E-state index in [0.29, 0.717) is 17.0 Å². The quantitative estimate of drug-likeness (QED) is 0.942. The number of halogens is 1. The van der Waals surface area contributed by atoms with Crippen molar-refractivity contribution in [3.8, 4) is 5.75 Å². The standard InChI is InChI=1S/C14H13BrN2O2/c1-9-7-10(5-6-16-9)14(18)17-13-8-11(19-2)3-4-12(13)15/h3-8H,1-2H3,(H,17,18). The summed E-state index contributed by atoms with van der Waals surface area (Å²) in [5.74, 6) is 0.504. The minimum atomic E-state index is -0.181. The van der Waals surface area contributed by atoms with Crippen molar-refractivity contribution in [2.24, 2.45) is 0 Å². The molecule has 0 aliphatic heterocycles.